The van der Waals surface area contributed by atoms with Crippen LogP contribution in [0.5, 0.6) is 17.2 Å². The van der Waals surface area contributed by atoms with Crippen molar-refractivity contribution in [3.05, 3.63) is 50.4 Å². The number of nitrogens with two attached hydrogens (primary N) is 1. The van der Waals surface area contributed by atoms with Crippen molar-refractivity contribution in [1.82, 2.24) is 0 Å². The predicted molar refractivity (Wildman–Crippen MR) is 97.5 cm³/mol. The fourth-order valence-corrected chi connectivity index (χ4v) is 3.46. The van der Waals surface area contributed by atoms with Crippen LogP contribution in [0.1, 0.15) is 35.7 Å². The van der Waals surface area contributed by atoms with Gasteiger partial charge in [0.2, 0.25) is 0 Å². The van der Waals surface area contributed by atoms with Gasteiger partial charge in [-0.05, 0) is 68.1 Å². The standard InChI is InChI=1S/C17H17Br2NO3/c1-9(2)12-7-11(3-4-15(12)21)23-17-13(18)5-10(6-14(17)19)16(22)8-20/h3-7,9,21H,8,20H2,1-2H3. The first-order valence-corrected chi connectivity index (χ1v) is 8.65. The molecule has 0 atom stereocenters. The van der Waals surface area contributed by atoms with E-state index in [1.165, 1.54) is 0 Å². The molecule has 23 heavy (non-hydrogen) atoms. The average Bonchev–Trinajstić information content (AvgIpc) is 2.51. The van der Waals surface area contributed by atoms with E-state index in [1.54, 1.807) is 30.3 Å². The molecule has 0 amide bonds. The van der Waals surface area contributed by atoms with Gasteiger partial charge < -0.3 is 15.6 Å². The summed E-state index contributed by atoms with van der Waals surface area (Å²) in [5, 5.41) is 9.88. The van der Waals surface area contributed by atoms with Gasteiger partial charge >= 0.3 is 0 Å². The number of phenolic OH excluding ortho intramolecular Hbond substituents is 1. The first-order valence-electron chi connectivity index (χ1n) is 7.06. The number of benzene rings is 2. The van der Waals surface area contributed by atoms with E-state index in [4.69, 9.17) is 10.5 Å². The van der Waals surface area contributed by atoms with Gasteiger partial charge in [-0.1, -0.05) is 13.8 Å². The molecule has 2 aromatic carbocycles. The lowest BCUT2D eigenvalue weighted by Crippen LogP contribution is -2.13. The van der Waals surface area contributed by atoms with E-state index in [0.29, 0.717) is 26.0 Å². The third kappa shape index (κ3) is 4.13. The summed E-state index contributed by atoms with van der Waals surface area (Å²) in [6.45, 7) is 3.95. The number of ether oxygens (including phenoxy) is 1. The van der Waals surface area contributed by atoms with Gasteiger partial charge in [0.05, 0.1) is 15.5 Å². The number of hydrogen-bond donors (Lipinski definition) is 2. The van der Waals surface area contributed by atoms with E-state index in [1.807, 2.05) is 13.8 Å². The summed E-state index contributed by atoms with van der Waals surface area (Å²) in [6.07, 6.45) is 0. The van der Waals surface area contributed by atoms with Crippen LogP contribution in [0.15, 0.2) is 39.3 Å². The van der Waals surface area contributed by atoms with Crippen LogP contribution in [0.3, 0.4) is 0 Å². The predicted octanol–water partition coefficient (Wildman–Crippen LogP) is 4.97. The zero-order valence-electron chi connectivity index (χ0n) is 12.8. The van der Waals surface area contributed by atoms with Gasteiger partial charge in [0.15, 0.2) is 11.5 Å². The minimum absolute atomic E-state index is 0.0468. The van der Waals surface area contributed by atoms with Gasteiger partial charge in [0, 0.05) is 11.1 Å². The van der Waals surface area contributed by atoms with Crippen molar-refractivity contribution in [3.8, 4) is 17.2 Å². The maximum Gasteiger partial charge on any atom is 0.176 e. The molecule has 0 saturated carbocycles. The molecule has 0 bridgehead atoms. The molecular weight excluding hydrogens is 426 g/mol. The molecule has 122 valence electrons. The Labute approximate surface area is 151 Å². The van der Waals surface area contributed by atoms with Gasteiger partial charge in [0.25, 0.3) is 0 Å². The van der Waals surface area contributed by atoms with Gasteiger partial charge in [-0.2, -0.15) is 0 Å². The Bertz CT molecular complexity index is 722. The average molecular weight is 443 g/mol. The Morgan fingerprint density at radius 1 is 1.22 bits per heavy atom. The van der Waals surface area contributed by atoms with E-state index in [-0.39, 0.29) is 24.0 Å². The van der Waals surface area contributed by atoms with Gasteiger partial charge in [0.1, 0.15) is 11.5 Å². The Kier molecular flexibility index (Phi) is 5.84. The molecule has 0 aliphatic rings. The Morgan fingerprint density at radius 3 is 2.35 bits per heavy atom. The second-order valence-electron chi connectivity index (χ2n) is 5.37. The molecule has 0 saturated heterocycles. The van der Waals surface area contributed by atoms with Crippen LogP contribution in [-0.4, -0.2) is 17.4 Å². The molecule has 4 nitrogen and oxygen atoms in total. The fraction of sp³-hybridized carbons (Fsp3) is 0.235. The first kappa shape index (κ1) is 18.0. The number of rotatable bonds is 5. The van der Waals surface area contributed by atoms with Crippen LogP contribution >= 0.6 is 31.9 Å². The summed E-state index contributed by atoms with van der Waals surface area (Å²) in [5.74, 6) is 1.43. The van der Waals surface area contributed by atoms with E-state index >= 15 is 0 Å². The maximum atomic E-state index is 11.7. The number of ketones is 1. The number of Topliss-reactive ketones (excluding diaryl/α,β-unsaturated/α-hetero) is 1. The smallest absolute Gasteiger partial charge is 0.176 e. The second kappa shape index (κ2) is 7.47. The van der Waals surface area contributed by atoms with Crippen molar-refractivity contribution in [2.75, 3.05) is 6.54 Å². The largest absolute Gasteiger partial charge is 0.508 e. The minimum atomic E-state index is -0.148. The summed E-state index contributed by atoms with van der Waals surface area (Å²) in [7, 11) is 0. The normalized spacial score (nSPS) is 10.9. The molecule has 0 aliphatic carbocycles. The lowest BCUT2D eigenvalue weighted by molar-refractivity contribution is 0.100. The quantitative estimate of drug-likeness (QED) is 0.640. The van der Waals surface area contributed by atoms with Gasteiger partial charge in [-0.3, -0.25) is 4.79 Å². The maximum absolute atomic E-state index is 11.7. The summed E-state index contributed by atoms with van der Waals surface area (Å²) < 4.78 is 7.19. The fourth-order valence-electron chi connectivity index (χ4n) is 2.11. The summed E-state index contributed by atoms with van der Waals surface area (Å²) in [6, 6.07) is 8.47. The number of hydrogen-bond acceptors (Lipinski definition) is 4. The zero-order chi connectivity index (χ0) is 17.1. The van der Waals surface area contributed by atoms with Crippen LogP contribution in [0.4, 0.5) is 0 Å². The van der Waals surface area contributed by atoms with Crippen LogP contribution in [0, 0.1) is 0 Å². The third-order valence-corrected chi connectivity index (χ3v) is 4.52. The minimum Gasteiger partial charge on any atom is -0.508 e. The van der Waals surface area contributed by atoms with Crippen molar-refractivity contribution in [3.63, 3.8) is 0 Å². The van der Waals surface area contributed by atoms with Crippen LogP contribution in [0.2, 0.25) is 0 Å². The van der Waals surface area contributed by atoms with Crippen molar-refractivity contribution in [2.45, 2.75) is 19.8 Å². The number of carbonyl (C=O) groups excluding carboxylic acids is 1. The van der Waals surface area contributed by atoms with Crippen LogP contribution < -0.4 is 10.5 Å². The Hall–Kier alpha value is -1.37. The molecule has 0 aromatic heterocycles. The van der Waals surface area contributed by atoms with Crippen molar-refractivity contribution >= 4 is 37.6 Å². The van der Waals surface area contributed by atoms with Crippen LogP contribution in [0.25, 0.3) is 0 Å². The summed E-state index contributed by atoms with van der Waals surface area (Å²) in [5.41, 5.74) is 6.71. The van der Waals surface area contributed by atoms with Crippen molar-refractivity contribution < 1.29 is 14.6 Å². The number of halogens is 2. The highest BCUT2D eigenvalue weighted by atomic mass is 79.9. The SMILES string of the molecule is CC(C)c1cc(Oc2c(Br)cc(C(=O)CN)cc2Br)ccc1O. The van der Waals surface area contributed by atoms with E-state index in [2.05, 4.69) is 31.9 Å². The molecule has 0 fully saturated rings. The first-order chi connectivity index (χ1) is 10.8. The Balaban J connectivity index is 2.37. The summed E-state index contributed by atoms with van der Waals surface area (Å²) >= 11 is 6.83. The monoisotopic (exact) mass is 441 g/mol. The number of phenols is 1. The van der Waals surface area contributed by atoms with Crippen molar-refractivity contribution in [1.29, 1.82) is 0 Å². The van der Waals surface area contributed by atoms with E-state index in [9.17, 15) is 9.90 Å². The molecule has 0 unspecified atom stereocenters. The number of carbonyl (C=O) groups is 1. The zero-order valence-corrected chi connectivity index (χ0v) is 15.9. The van der Waals surface area contributed by atoms with Gasteiger partial charge in [-0.15, -0.1) is 0 Å². The lowest BCUT2D eigenvalue weighted by atomic mass is 10.0. The third-order valence-electron chi connectivity index (χ3n) is 3.35. The molecular formula is C17H17Br2NO3. The molecule has 2 rings (SSSR count). The van der Waals surface area contributed by atoms with Crippen molar-refractivity contribution in [2.24, 2.45) is 5.73 Å². The molecule has 3 N–H and O–H groups in total. The highest BCUT2D eigenvalue weighted by molar-refractivity contribution is 9.11. The lowest BCUT2D eigenvalue weighted by Gasteiger charge is -2.14. The summed E-state index contributed by atoms with van der Waals surface area (Å²) in [4.78, 5) is 11.7. The Morgan fingerprint density at radius 2 is 1.83 bits per heavy atom. The molecule has 0 aliphatic heterocycles. The highest BCUT2D eigenvalue weighted by Crippen LogP contribution is 2.39. The second-order valence-corrected chi connectivity index (χ2v) is 7.08. The van der Waals surface area contributed by atoms with E-state index in [0.717, 1.165) is 5.56 Å². The highest BCUT2D eigenvalue weighted by Gasteiger charge is 2.15. The van der Waals surface area contributed by atoms with Crippen LogP contribution in [-0.2, 0) is 0 Å². The van der Waals surface area contributed by atoms with E-state index < -0.39 is 0 Å². The molecule has 6 heteroatoms. The number of aromatic hydroxyl groups is 1. The molecule has 0 spiro atoms. The topological polar surface area (TPSA) is 72.5 Å². The van der Waals surface area contributed by atoms with Gasteiger partial charge in [-0.25, -0.2) is 0 Å². The molecule has 0 heterocycles. The molecule has 2 aromatic rings. The molecule has 0 radical (unpaired) electrons.